The summed E-state index contributed by atoms with van der Waals surface area (Å²) in [6, 6.07) is 13.2. The first-order chi connectivity index (χ1) is 11.4. The van der Waals surface area contributed by atoms with Crippen LogP contribution in [0.15, 0.2) is 53.3 Å². The molecule has 4 rings (SSSR count). The van der Waals surface area contributed by atoms with Crippen LogP contribution >= 0.6 is 0 Å². The molecule has 2 unspecified atom stereocenters. The number of hydrogen-bond donors (Lipinski definition) is 1. The summed E-state index contributed by atoms with van der Waals surface area (Å²) >= 11 is 0. The second kappa shape index (κ2) is 6.90. The maximum Gasteiger partial charge on any atom is 0.0937 e. The lowest BCUT2D eigenvalue weighted by molar-refractivity contribution is 0.182. The second-order valence-corrected chi connectivity index (χ2v) is 7.07. The van der Waals surface area contributed by atoms with Crippen molar-refractivity contribution in [1.29, 1.82) is 0 Å². The van der Waals surface area contributed by atoms with Crippen molar-refractivity contribution in [3.63, 3.8) is 0 Å². The standard InChI is InChI=1S/C20H26N2O/c1-2-4-16(5-3-1)17-6-9-22(10-7-17)14-19-12-21-13-20(19)18-8-11-23-15-18/h1-5,8,11,15,17,19-21H,6-7,9-10,12-14H2. The molecule has 23 heavy (non-hydrogen) atoms. The monoisotopic (exact) mass is 310 g/mol. The lowest BCUT2D eigenvalue weighted by Crippen LogP contribution is -2.38. The Kier molecular flexibility index (Phi) is 4.49. The van der Waals surface area contributed by atoms with Crippen molar-refractivity contribution >= 4 is 0 Å². The SMILES string of the molecule is c1ccc(C2CCN(CC3CNCC3c3ccoc3)CC2)cc1. The fourth-order valence-electron chi connectivity index (χ4n) is 4.31. The third kappa shape index (κ3) is 3.36. The van der Waals surface area contributed by atoms with Crippen LogP contribution in [0.25, 0.3) is 0 Å². The topological polar surface area (TPSA) is 28.4 Å². The zero-order valence-corrected chi connectivity index (χ0v) is 13.7. The van der Waals surface area contributed by atoms with E-state index in [1.807, 2.05) is 6.26 Å². The first kappa shape index (κ1) is 15.0. The van der Waals surface area contributed by atoms with Gasteiger partial charge in [-0.05, 0) is 61.5 Å². The number of rotatable bonds is 4. The number of nitrogens with zero attached hydrogens (tertiary/aromatic N) is 1. The summed E-state index contributed by atoms with van der Waals surface area (Å²) in [5, 5.41) is 3.57. The minimum atomic E-state index is 0.612. The molecule has 0 aliphatic carbocycles. The first-order valence-electron chi connectivity index (χ1n) is 8.90. The number of piperidine rings is 1. The molecule has 0 spiro atoms. The third-order valence-corrected chi connectivity index (χ3v) is 5.66. The highest BCUT2D eigenvalue weighted by atomic mass is 16.3. The van der Waals surface area contributed by atoms with Gasteiger partial charge in [-0.25, -0.2) is 0 Å². The van der Waals surface area contributed by atoms with E-state index in [-0.39, 0.29) is 0 Å². The van der Waals surface area contributed by atoms with Crippen LogP contribution in [0.3, 0.4) is 0 Å². The summed E-state index contributed by atoms with van der Waals surface area (Å²) in [7, 11) is 0. The molecule has 1 aromatic carbocycles. The van der Waals surface area contributed by atoms with Crippen LogP contribution in [0.2, 0.25) is 0 Å². The Hall–Kier alpha value is -1.58. The van der Waals surface area contributed by atoms with Crippen LogP contribution in [0, 0.1) is 5.92 Å². The maximum atomic E-state index is 5.29. The lowest BCUT2D eigenvalue weighted by Gasteiger charge is -2.34. The molecule has 1 N–H and O–H groups in total. The van der Waals surface area contributed by atoms with E-state index in [9.17, 15) is 0 Å². The van der Waals surface area contributed by atoms with E-state index in [4.69, 9.17) is 4.42 Å². The van der Waals surface area contributed by atoms with Crippen molar-refractivity contribution in [3.05, 3.63) is 60.1 Å². The molecule has 0 amide bonds. The van der Waals surface area contributed by atoms with Crippen molar-refractivity contribution in [2.75, 3.05) is 32.7 Å². The normalized spacial score (nSPS) is 26.6. The Labute approximate surface area is 138 Å². The van der Waals surface area contributed by atoms with E-state index in [0.717, 1.165) is 19.0 Å². The predicted octanol–water partition coefficient (Wildman–Crippen LogP) is 3.46. The average Bonchev–Trinajstić information content (AvgIpc) is 3.27. The molecule has 3 heterocycles. The van der Waals surface area contributed by atoms with E-state index in [2.05, 4.69) is 46.6 Å². The van der Waals surface area contributed by atoms with Gasteiger partial charge in [0, 0.05) is 19.0 Å². The summed E-state index contributed by atoms with van der Waals surface area (Å²) in [5.41, 5.74) is 2.88. The largest absolute Gasteiger partial charge is 0.472 e. The van der Waals surface area contributed by atoms with Gasteiger partial charge in [0.25, 0.3) is 0 Å². The second-order valence-electron chi connectivity index (χ2n) is 7.07. The molecule has 122 valence electrons. The average molecular weight is 310 g/mol. The molecule has 0 saturated carbocycles. The van der Waals surface area contributed by atoms with Gasteiger partial charge in [-0.15, -0.1) is 0 Å². The van der Waals surface area contributed by atoms with Crippen LogP contribution in [-0.2, 0) is 0 Å². The summed E-state index contributed by atoms with van der Waals surface area (Å²) < 4.78 is 5.29. The molecule has 2 fully saturated rings. The predicted molar refractivity (Wildman–Crippen MR) is 92.7 cm³/mol. The van der Waals surface area contributed by atoms with Crippen molar-refractivity contribution < 1.29 is 4.42 Å². The van der Waals surface area contributed by atoms with Crippen molar-refractivity contribution in [2.24, 2.45) is 5.92 Å². The summed E-state index contributed by atoms with van der Waals surface area (Å²) in [6.45, 7) is 5.89. The van der Waals surface area contributed by atoms with Crippen LogP contribution < -0.4 is 5.32 Å². The van der Waals surface area contributed by atoms with Crippen molar-refractivity contribution in [3.8, 4) is 0 Å². The zero-order chi connectivity index (χ0) is 15.5. The van der Waals surface area contributed by atoms with E-state index < -0.39 is 0 Å². The van der Waals surface area contributed by atoms with Crippen LogP contribution in [0.1, 0.15) is 35.8 Å². The molecular formula is C20H26N2O. The van der Waals surface area contributed by atoms with Gasteiger partial charge >= 0.3 is 0 Å². The summed E-state index contributed by atoms with van der Waals surface area (Å²) in [5.74, 6) is 2.07. The van der Waals surface area contributed by atoms with Crippen LogP contribution in [0.5, 0.6) is 0 Å². The minimum Gasteiger partial charge on any atom is -0.472 e. The Balaban J connectivity index is 1.33. The molecule has 3 nitrogen and oxygen atoms in total. The first-order valence-corrected chi connectivity index (χ1v) is 8.90. The summed E-state index contributed by atoms with van der Waals surface area (Å²) in [6.07, 6.45) is 6.31. The van der Waals surface area contributed by atoms with Gasteiger partial charge < -0.3 is 14.6 Å². The summed E-state index contributed by atoms with van der Waals surface area (Å²) in [4.78, 5) is 2.67. The van der Waals surface area contributed by atoms with E-state index in [1.165, 1.54) is 43.6 Å². The quantitative estimate of drug-likeness (QED) is 0.937. The Morgan fingerprint density at radius 1 is 1.00 bits per heavy atom. The van der Waals surface area contributed by atoms with Gasteiger partial charge in [0.15, 0.2) is 0 Å². The molecule has 2 atom stereocenters. The molecule has 0 bridgehead atoms. The number of nitrogens with one attached hydrogen (secondary N) is 1. The number of hydrogen-bond acceptors (Lipinski definition) is 3. The highest BCUT2D eigenvalue weighted by molar-refractivity contribution is 5.20. The third-order valence-electron chi connectivity index (χ3n) is 5.66. The number of likely N-dealkylation sites (tertiary alicyclic amines) is 1. The van der Waals surface area contributed by atoms with Gasteiger partial charge in [-0.2, -0.15) is 0 Å². The van der Waals surface area contributed by atoms with Gasteiger partial charge in [0.1, 0.15) is 0 Å². The number of benzene rings is 1. The van der Waals surface area contributed by atoms with Crippen molar-refractivity contribution in [1.82, 2.24) is 10.2 Å². The molecule has 2 aromatic rings. The van der Waals surface area contributed by atoms with Gasteiger partial charge in [0.05, 0.1) is 12.5 Å². The minimum absolute atomic E-state index is 0.612. The molecule has 2 saturated heterocycles. The highest BCUT2D eigenvalue weighted by Crippen LogP contribution is 2.32. The fraction of sp³-hybridized carbons (Fsp3) is 0.500. The van der Waals surface area contributed by atoms with E-state index in [0.29, 0.717) is 11.8 Å². The maximum absolute atomic E-state index is 5.29. The van der Waals surface area contributed by atoms with Gasteiger partial charge in [-0.3, -0.25) is 0 Å². The molecule has 2 aliphatic rings. The zero-order valence-electron chi connectivity index (χ0n) is 13.7. The molecular weight excluding hydrogens is 284 g/mol. The highest BCUT2D eigenvalue weighted by Gasteiger charge is 2.31. The molecule has 3 heteroatoms. The Morgan fingerprint density at radius 3 is 2.57 bits per heavy atom. The fourth-order valence-corrected chi connectivity index (χ4v) is 4.31. The molecule has 1 aromatic heterocycles. The van der Waals surface area contributed by atoms with Crippen molar-refractivity contribution in [2.45, 2.75) is 24.7 Å². The molecule has 2 aliphatic heterocycles. The van der Waals surface area contributed by atoms with Crippen LogP contribution in [0.4, 0.5) is 0 Å². The van der Waals surface area contributed by atoms with E-state index >= 15 is 0 Å². The lowest BCUT2D eigenvalue weighted by atomic mass is 9.87. The molecule has 0 radical (unpaired) electrons. The Bertz CT molecular complexity index is 587. The van der Waals surface area contributed by atoms with Crippen LogP contribution in [-0.4, -0.2) is 37.6 Å². The smallest absolute Gasteiger partial charge is 0.0937 e. The number of furan rings is 1. The van der Waals surface area contributed by atoms with E-state index in [1.54, 1.807) is 6.26 Å². The Morgan fingerprint density at radius 2 is 1.83 bits per heavy atom. The van der Waals surface area contributed by atoms with Gasteiger partial charge in [-0.1, -0.05) is 30.3 Å². The van der Waals surface area contributed by atoms with Gasteiger partial charge in [0.2, 0.25) is 0 Å².